The Labute approximate surface area is 249 Å². The fraction of sp³-hybridized carbons (Fsp3) is 0.379. The van der Waals surface area contributed by atoms with Crippen molar-refractivity contribution in [2.45, 2.75) is 22.7 Å². The van der Waals surface area contributed by atoms with Crippen molar-refractivity contribution in [1.82, 2.24) is 9.47 Å². The molecule has 2 saturated heterocycles. The van der Waals surface area contributed by atoms with Crippen molar-refractivity contribution < 1.29 is 33.3 Å². The van der Waals surface area contributed by atoms with Crippen LogP contribution < -0.4 is 24.0 Å². The second kappa shape index (κ2) is 11.5. The third-order valence-corrected chi connectivity index (χ3v) is 10.4. The number of benzene rings is 2. The number of ether oxygens (including phenoxy) is 4. The van der Waals surface area contributed by atoms with Crippen LogP contribution in [0.5, 0.6) is 17.2 Å². The van der Waals surface area contributed by atoms with E-state index in [1.807, 2.05) is 6.07 Å². The number of anilines is 1. The summed E-state index contributed by atoms with van der Waals surface area (Å²) in [6.45, 7) is 1.64. The van der Waals surface area contributed by atoms with Crippen LogP contribution in [0.25, 0.3) is 0 Å². The van der Waals surface area contributed by atoms with E-state index in [1.165, 1.54) is 35.4 Å². The molecule has 2 fully saturated rings. The minimum absolute atomic E-state index is 0.155. The van der Waals surface area contributed by atoms with Gasteiger partial charge in [0.1, 0.15) is 17.5 Å². The summed E-state index contributed by atoms with van der Waals surface area (Å²) in [5.74, 6) is -0.752. The largest absolute Gasteiger partial charge is 0.497 e. The summed E-state index contributed by atoms with van der Waals surface area (Å²) in [7, 11) is 4.60. The number of nitrogens with zero attached hydrogens (tertiary/aromatic N) is 3. The normalized spacial score (nSPS) is 21.6. The van der Waals surface area contributed by atoms with Crippen molar-refractivity contribution in [3.05, 3.63) is 62.6 Å². The van der Waals surface area contributed by atoms with E-state index >= 15 is 0 Å². The van der Waals surface area contributed by atoms with Gasteiger partial charge in [0.05, 0.1) is 51.2 Å². The number of imide groups is 1. The predicted molar refractivity (Wildman–Crippen MR) is 156 cm³/mol. The molecule has 0 saturated carbocycles. The van der Waals surface area contributed by atoms with Crippen LogP contribution in [-0.2, 0) is 25.7 Å². The molecular formula is C29H29N3O8S2. The fourth-order valence-corrected chi connectivity index (χ4v) is 8.47. The third-order valence-electron chi connectivity index (χ3n) is 7.80. The Kier molecular flexibility index (Phi) is 7.73. The lowest BCUT2D eigenvalue weighted by Crippen LogP contribution is -2.43. The quantitative estimate of drug-likeness (QED) is 0.372. The highest BCUT2D eigenvalue weighted by Crippen LogP contribution is 2.54. The molecule has 4 heterocycles. The molecule has 42 heavy (non-hydrogen) atoms. The molecule has 3 unspecified atom stereocenters. The van der Waals surface area contributed by atoms with Crippen molar-refractivity contribution in [3.8, 4) is 17.2 Å². The van der Waals surface area contributed by atoms with Crippen LogP contribution in [0.1, 0.15) is 16.4 Å². The average Bonchev–Trinajstić information content (AvgIpc) is 3.47. The molecule has 0 aliphatic carbocycles. The predicted octanol–water partition coefficient (Wildman–Crippen LogP) is 2.59. The van der Waals surface area contributed by atoms with Crippen molar-refractivity contribution in [2.24, 2.45) is 5.92 Å². The first-order chi connectivity index (χ1) is 20.4. The molecule has 0 N–H and O–H groups in total. The molecule has 220 valence electrons. The van der Waals surface area contributed by atoms with E-state index in [1.54, 1.807) is 48.4 Å². The Morgan fingerprint density at radius 2 is 1.64 bits per heavy atom. The van der Waals surface area contributed by atoms with Gasteiger partial charge < -0.3 is 23.8 Å². The van der Waals surface area contributed by atoms with Crippen LogP contribution in [-0.4, -0.2) is 80.1 Å². The Balaban J connectivity index is 1.45. The summed E-state index contributed by atoms with van der Waals surface area (Å²) in [5, 5.41) is -0.269. The van der Waals surface area contributed by atoms with E-state index in [9.17, 15) is 19.2 Å². The first-order valence-electron chi connectivity index (χ1n) is 13.4. The van der Waals surface area contributed by atoms with E-state index in [0.29, 0.717) is 64.7 Å². The Morgan fingerprint density at radius 3 is 2.31 bits per heavy atom. The van der Waals surface area contributed by atoms with E-state index in [0.717, 1.165) is 11.3 Å². The van der Waals surface area contributed by atoms with Gasteiger partial charge in [0.2, 0.25) is 17.7 Å². The molecule has 0 radical (unpaired) electrons. The average molecular weight is 612 g/mol. The summed E-state index contributed by atoms with van der Waals surface area (Å²) >= 11 is 2.19. The van der Waals surface area contributed by atoms with E-state index < -0.39 is 17.1 Å². The number of hydrogen-bond acceptors (Lipinski definition) is 10. The minimum Gasteiger partial charge on any atom is -0.497 e. The van der Waals surface area contributed by atoms with Crippen molar-refractivity contribution in [3.63, 3.8) is 0 Å². The number of methoxy groups -OCH3 is 3. The number of aromatic nitrogens is 1. The molecule has 11 nitrogen and oxygen atoms in total. The number of thioether (sulfide) groups is 1. The van der Waals surface area contributed by atoms with Crippen molar-refractivity contribution in [2.75, 3.05) is 52.5 Å². The molecule has 0 bridgehead atoms. The van der Waals surface area contributed by atoms with Gasteiger partial charge in [0.15, 0.2) is 11.5 Å². The second-order valence-electron chi connectivity index (χ2n) is 9.98. The third kappa shape index (κ3) is 4.74. The van der Waals surface area contributed by atoms with Crippen LogP contribution in [0.15, 0.2) is 52.3 Å². The maximum atomic E-state index is 14.1. The lowest BCUT2D eigenvalue weighted by molar-refractivity contribution is -0.136. The number of fused-ring (bicyclic) bond motifs is 2. The van der Waals surface area contributed by atoms with E-state index in [-0.39, 0.29) is 29.1 Å². The van der Waals surface area contributed by atoms with Crippen molar-refractivity contribution in [1.29, 1.82) is 0 Å². The maximum absolute atomic E-state index is 14.1. The number of morpholine rings is 1. The number of thiazole rings is 1. The fourth-order valence-electron chi connectivity index (χ4n) is 5.69. The van der Waals surface area contributed by atoms with Gasteiger partial charge >= 0.3 is 4.87 Å². The number of hydrogen-bond donors (Lipinski definition) is 0. The number of rotatable bonds is 7. The zero-order valence-corrected chi connectivity index (χ0v) is 24.9. The van der Waals surface area contributed by atoms with Crippen LogP contribution >= 0.6 is 23.1 Å². The SMILES string of the molecule is COc1ccc(N2C(=O)C3Sc4c(sc(=O)n4CC(=O)N4CCOCC4)C(c4ccc(OC)c(OC)c4)C3C2=O)cc1. The van der Waals surface area contributed by atoms with Crippen LogP contribution in [0.3, 0.4) is 0 Å². The zero-order valence-electron chi connectivity index (χ0n) is 23.2. The van der Waals surface area contributed by atoms with E-state index in [4.69, 9.17) is 18.9 Å². The molecule has 2 aromatic carbocycles. The zero-order chi connectivity index (χ0) is 29.5. The number of carbonyl (C=O) groups excluding carboxylic acids is 3. The van der Waals surface area contributed by atoms with Crippen LogP contribution in [0.4, 0.5) is 5.69 Å². The molecule has 3 atom stereocenters. The van der Waals surface area contributed by atoms with Crippen LogP contribution in [0, 0.1) is 5.92 Å². The van der Waals surface area contributed by atoms with Gasteiger partial charge in [-0.2, -0.15) is 0 Å². The molecule has 3 amide bonds. The summed E-state index contributed by atoms with van der Waals surface area (Å²) in [5.41, 5.74) is 1.14. The summed E-state index contributed by atoms with van der Waals surface area (Å²) in [4.78, 5) is 57.8. The summed E-state index contributed by atoms with van der Waals surface area (Å²) in [6, 6.07) is 12.1. The second-order valence-corrected chi connectivity index (χ2v) is 12.1. The Bertz CT molecular complexity index is 1600. The van der Waals surface area contributed by atoms with Crippen LogP contribution in [0.2, 0.25) is 0 Å². The molecule has 0 spiro atoms. The first kappa shape index (κ1) is 28.3. The molecule has 3 aliphatic heterocycles. The van der Waals surface area contributed by atoms with Gasteiger partial charge in [-0.1, -0.05) is 29.2 Å². The van der Waals surface area contributed by atoms with Gasteiger partial charge in [-0.15, -0.1) is 0 Å². The van der Waals surface area contributed by atoms with Gasteiger partial charge in [-0.25, -0.2) is 4.90 Å². The highest BCUT2D eigenvalue weighted by molar-refractivity contribution is 8.00. The molecule has 1 aromatic heterocycles. The smallest absolute Gasteiger partial charge is 0.308 e. The molecular weight excluding hydrogens is 582 g/mol. The first-order valence-corrected chi connectivity index (χ1v) is 15.0. The summed E-state index contributed by atoms with van der Waals surface area (Å²) < 4.78 is 23.0. The van der Waals surface area contributed by atoms with E-state index in [2.05, 4.69) is 0 Å². The summed E-state index contributed by atoms with van der Waals surface area (Å²) in [6.07, 6.45) is 0. The lowest BCUT2D eigenvalue weighted by Gasteiger charge is -2.31. The highest BCUT2D eigenvalue weighted by Gasteiger charge is 2.57. The molecule has 6 rings (SSSR count). The maximum Gasteiger partial charge on any atom is 0.308 e. The van der Waals surface area contributed by atoms with Gasteiger partial charge in [0.25, 0.3) is 0 Å². The standard InChI is InChI=1S/C29H29N3O8S2/c1-37-18-7-5-17(6-8-18)32-26(34)23-22(16-4-9-19(38-2)20(14-16)39-3)25-28(41-24(23)27(32)35)31(29(36)42-25)15-21(33)30-10-12-40-13-11-30/h4-9,14,22-24H,10-13,15H2,1-3H3. The number of amides is 3. The van der Waals surface area contributed by atoms with Gasteiger partial charge in [0, 0.05) is 23.9 Å². The van der Waals surface area contributed by atoms with Gasteiger partial charge in [-0.3, -0.25) is 23.7 Å². The minimum atomic E-state index is -0.802. The van der Waals surface area contributed by atoms with Gasteiger partial charge in [-0.05, 0) is 42.0 Å². The lowest BCUT2D eigenvalue weighted by atomic mass is 9.83. The number of carbonyl (C=O) groups is 3. The Hall–Kier alpha value is -3.81. The van der Waals surface area contributed by atoms with Crippen molar-refractivity contribution >= 4 is 46.5 Å². The monoisotopic (exact) mass is 611 g/mol. The molecule has 13 heteroatoms. The Morgan fingerprint density at radius 1 is 0.929 bits per heavy atom. The molecule has 3 aliphatic rings. The molecule has 3 aromatic rings. The highest BCUT2D eigenvalue weighted by atomic mass is 32.2. The topological polar surface area (TPSA) is 117 Å².